The minimum atomic E-state index is -0.701. The molecule has 3 atom stereocenters. The van der Waals surface area contributed by atoms with Gasteiger partial charge in [-0.3, -0.25) is 14.5 Å². The quantitative estimate of drug-likeness (QED) is 0.308. The summed E-state index contributed by atoms with van der Waals surface area (Å²) in [6, 6.07) is 5.75. The van der Waals surface area contributed by atoms with Crippen LogP contribution in [0.3, 0.4) is 0 Å². The number of nitrogens with zero attached hydrogens (tertiary/aromatic N) is 2. The summed E-state index contributed by atoms with van der Waals surface area (Å²) in [4.78, 5) is 59.9. The number of hydrogen-bond donors (Lipinski definition) is 3. The molecule has 47 heavy (non-hydrogen) atoms. The van der Waals surface area contributed by atoms with E-state index in [1.165, 1.54) is 6.42 Å². The molecule has 3 aliphatic rings. The Morgan fingerprint density at radius 2 is 1.72 bits per heavy atom. The Kier molecular flexibility index (Phi) is 11.1. The molecule has 3 fully saturated rings. The van der Waals surface area contributed by atoms with E-state index >= 15 is 0 Å². The molecule has 2 aromatic rings. The smallest absolute Gasteiger partial charge is 0.407 e. The van der Waals surface area contributed by atoms with Crippen molar-refractivity contribution >= 4 is 40.5 Å². The van der Waals surface area contributed by atoms with Crippen LogP contribution in [-0.2, 0) is 19.1 Å². The molecule has 1 aliphatic carbocycles. The van der Waals surface area contributed by atoms with Gasteiger partial charge < -0.3 is 30.0 Å². The van der Waals surface area contributed by atoms with E-state index in [-0.39, 0.29) is 36.3 Å². The molecular weight excluding hydrogens is 605 g/mol. The lowest BCUT2D eigenvalue weighted by Gasteiger charge is -2.38. The summed E-state index contributed by atoms with van der Waals surface area (Å²) in [7, 11) is 0. The monoisotopic (exact) mass is 655 g/mol. The number of halogens is 1. The molecule has 12 heteroatoms. The highest BCUT2D eigenvalue weighted by Crippen LogP contribution is 2.36. The van der Waals surface area contributed by atoms with Gasteiger partial charge in [0.2, 0.25) is 11.8 Å². The summed E-state index contributed by atoms with van der Waals surface area (Å²) in [6.45, 7) is 8.93. The zero-order chi connectivity index (χ0) is 33.7. The minimum absolute atomic E-state index is 0.0276. The maximum absolute atomic E-state index is 14.1. The number of alkyl carbamates (subject to hydrolysis) is 1. The molecule has 3 amide bonds. The van der Waals surface area contributed by atoms with E-state index < -0.39 is 36.4 Å². The number of H-pyrrole nitrogens is 1. The number of piperidine rings is 1. The number of amides is 3. The highest BCUT2D eigenvalue weighted by Gasteiger charge is 2.46. The first-order chi connectivity index (χ1) is 22.5. The van der Waals surface area contributed by atoms with Gasteiger partial charge in [0.15, 0.2) is 0 Å². The van der Waals surface area contributed by atoms with Gasteiger partial charge in [-0.15, -0.1) is 0 Å². The van der Waals surface area contributed by atoms with Crippen LogP contribution < -0.4 is 10.6 Å². The second-order valence-corrected chi connectivity index (χ2v) is 14.1. The van der Waals surface area contributed by atoms with E-state index in [1.807, 2.05) is 12.1 Å². The van der Waals surface area contributed by atoms with Gasteiger partial charge in [0.1, 0.15) is 24.0 Å². The fraction of sp³-hybridized carbons (Fsp3) is 0.657. The van der Waals surface area contributed by atoms with Gasteiger partial charge in [0, 0.05) is 35.1 Å². The van der Waals surface area contributed by atoms with Crippen molar-refractivity contribution in [3.05, 3.63) is 30.0 Å². The van der Waals surface area contributed by atoms with Gasteiger partial charge in [-0.25, -0.2) is 14.0 Å². The Morgan fingerprint density at radius 1 is 1.00 bits per heavy atom. The number of rotatable bonds is 9. The van der Waals surface area contributed by atoms with Crippen molar-refractivity contribution in [1.29, 1.82) is 0 Å². The molecule has 0 spiro atoms. The standard InChI is InChI=1S/C35H50FN5O6/c1-5-46-33(44)27-20-24-19-25(13-14-26(24)38-27)37-31(42)30-29(40-16-7-6-8-17-40)15-18-41(30)32(43)23-11-9-22(10-12-23)28(21-36)39-34(45)47-35(2,3)4/h13-14,19-20,22-23,28-30,38H,5-12,15-18,21H2,1-4H3,(H,37,42)(H,39,45)/t22-,23-,28-,29-,30+/m1/s1. The van der Waals surface area contributed by atoms with Gasteiger partial charge in [-0.1, -0.05) is 6.42 Å². The number of fused-ring (bicyclic) bond motifs is 1. The zero-order valence-electron chi connectivity index (χ0n) is 28.1. The van der Waals surface area contributed by atoms with Crippen molar-refractivity contribution in [3.8, 4) is 0 Å². The van der Waals surface area contributed by atoms with Crippen molar-refractivity contribution in [2.24, 2.45) is 11.8 Å². The van der Waals surface area contributed by atoms with Crippen LogP contribution in [0.15, 0.2) is 24.3 Å². The van der Waals surface area contributed by atoms with Gasteiger partial charge in [0.25, 0.3) is 0 Å². The number of alkyl halides is 1. The van der Waals surface area contributed by atoms with Crippen LogP contribution >= 0.6 is 0 Å². The van der Waals surface area contributed by atoms with E-state index in [1.54, 1.807) is 44.7 Å². The van der Waals surface area contributed by atoms with Gasteiger partial charge >= 0.3 is 12.1 Å². The third-order valence-electron chi connectivity index (χ3n) is 9.72. The Bertz CT molecular complexity index is 1430. The SMILES string of the molecule is CCOC(=O)c1cc2cc(NC(=O)[C@@H]3[C@H](N4CCCCC4)CCN3C(=O)[C@H]3CC[C@H]([C@@H](CF)NC(=O)OC(C)(C)C)CC3)ccc2[nH]1. The topological polar surface area (TPSA) is 133 Å². The van der Waals surface area contributed by atoms with Crippen LogP contribution in [0.4, 0.5) is 14.9 Å². The number of esters is 1. The third-order valence-corrected chi connectivity index (χ3v) is 9.72. The maximum atomic E-state index is 14.1. The Labute approximate surface area is 276 Å². The number of benzene rings is 1. The molecule has 11 nitrogen and oxygen atoms in total. The first-order valence-corrected chi connectivity index (χ1v) is 17.2. The number of nitrogens with one attached hydrogen (secondary N) is 3. The van der Waals surface area contributed by atoms with Gasteiger partial charge in [-0.2, -0.15) is 0 Å². The summed E-state index contributed by atoms with van der Waals surface area (Å²) >= 11 is 0. The van der Waals surface area contributed by atoms with Crippen LogP contribution in [-0.4, -0.2) is 95.3 Å². The summed E-state index contributed by atoms with van der Waals surface area (Å²) in [6.07, 6.45) is 5.75. The molecule has 1 aromatic carbocycles. The molecule has 1 aromatic heterocycles. The van der Waals surface area contributed by atoms with Gasteiger partial charge in [0.05, 0.1) is 12.6 Å². The fourth-order valence-corrected chi connectivity index (χ4v) is 7.46. The highest BCUT2D eigenvalue weighted by molar-refractivity contribution is 6.01. The molecule has 5 rings (SSSR count). The third kappa shape index (κ3) is 8.44. The second kappa shape index (κ2) is 15.0. The summed E-state index contributed by atoms with van der Waals surface area (Å²) in [5.41, 5.74) is 1.00. The Morgan fingerprint density at radius 3 is 2.38 bits per heavy atom. The number of likely N-dealkylation sites (tertiary alicyclic amines) is 2. The lowest BCUT2D eigenvalue weighted by Crippen LogP contribution is -2.55. The average molecular weight is 656 g/mol. The van der Waals surface area contributed by atoms with Crippen LogP contribution in [0, 0.1) is 11.8 Å². The van der Waals surface area contributed by atoms with Crippen molar-refractivity contribution in [3.63, 3.8) is 0 Å². The highest BCUT2D eigenvalue weighted by atomic mass is 19.1. The van der Waals surface area contributed by atoms with Crippen molar-refractivity contribution in [1.82, 2.24) is 20.1 Å². The predicted octanol–water partition coefficient (Wildman–Crippen LogP) is 5.41. The lowest BCUT2D eigenvalue weighted by atomic mass is 9.78. The van der Waals surface area contributed by atoms with E-state index in [4.69, 9.17) is 9.47 Å². The van der Waals surface area contributed by atoms with E-state index in [0.29, 0.717) is 43.6 Å². The van der Waals surface area contributed by atoms with Crippen molar-refractivity contribution in [2.45, 2.75) is 103 Å². The predicted molar refractivity (Wildman–Crippen MR) is 177 cm³/mol. The average Bonchev–Trinajstić information content (AvgIpc) is 3.68. The van der Waals surface area contributed by atoms with Crippen LogP contribution in [0.2, 0.25) is 0 Å². The summed E-state index contributed by atoms with van der Waals surface area (Å²) in [5.74, 6) is -1.05. The molecule has 2 aliphatic heterocycles. The number of anilines is 1. The molecule has 258 valence electrons. The van der Waals surface area contributed by atoms with Crippen LogP contribution in [0.25, 0.3) is 10.9 Å². The van der Waals surface area contributed by atoms with Crippen LogP contribution in [0.1, 0.15) is 89.5 Å². The molecule has 2 saturated heterocycles. The maximum Gasteiger partial charge on any atom is 0.407 e. The Balaban J connectivity index is 1.27. The molecular formula is C35H50FN5O6. The van der Waals surface area contributed by atoms with Crippen LogP contribution in [0.5, 0.6) is 0 Å². The molecule has 1 saturated carbocycles. The zero-order valence-corrected chi connectivity index (χ0v) is 28.1. The number of aromatic nitrogens is 1. The fourth-order valence-electron chi connectivity index (χ4n) is 7.46. The van der Waals surface area contributed by atoms with E-state index in [0.717, 1.165) is 43.3 Å². The van der Waals surface area contributed by atoms with Crippen molar-refractivity contribution in [2.75, 3.05) is 38.2 Å². The first kappa shape index (κ1) is 34.7. The second-order valence-electron chi connectivity index (χ2n) is 14.1. The number of hydrogen-bond acceptors (Lipinski definition) is 7. The van der Waals surface area contributed by atoms with E-state index in [2.05, 4.69) is 20.5 Å². The Hall–Kier alpha value is -3.67. The van der Waals surface area contributed by atoms with Crippen molar-refractivity contribution < 1.29 is 33.0 Å². The lowest BCUT2D eigenvalue weighted by molar-refractivity contribution is -0.142. The summed E-state index contributed by atoms with van der Waals surface area (Å²) < 4.78 is 24.4. The molecule has 0 unspecified atom stereocenters. The molecule has 3 heterocycles. The number of carbonyl (C=O) groups is 4. The number of aromatic amines is 1. The summed E-state index contributed by atoms with van der Waals surface area (Å²) in [5, 5.41) is 6.53. The minimum Gasteiger partial charge on any atom is -0.461 e. The first-order valence-electron chi connectivity index (χ1n) is 17.2. The number of carbonyl (C=O) groups excluding carboxylic acids is 4. The molecule has 3 N–H and O–H groups in total. The molecule has 0 bridgehead atoms. The molecule has 0 radical (unpaired) electrons. The largest absolute Gasteiger partial charge is 0.461 e. The number of ether oxygens (including phenoxy) is 2. The van der Waals surface area contributed by atoms with E-state index in [9.17, 15) is 23.6 Å². The van der Waals surface area contributed by atoms with Gasteiger partial charge in [-0.05, 0) is 116 Å². The normalized spacial score (nSPS) is 24.5.